The molecular formula is C16H26OSi. The first-order valence-corrected chi connectivity index (χ1v) is 8.34. The zero-order valence-electron chi connectivity index (χ0n) is 11.7. The molecule has 2 heteroatoms. The maximum absolute atomic E-state index is 10.9. The predicted octanol–water partition coefficient (Wildman–Crippen LogP) is 2.57. The number of hydrogen-bond acceptors (Lipinski definition) is 1. The number of benzene rings is 1. The molecule has 1 unspecified atom stereocenters. The van der Waals surface area contributed by atoms with Crippen molar-refractivity contribution in [3.8, 4) is 0 Å². The predicted molar refractivity (Wildman–Crippen MR) is 83.1 cm³/mol. The minimum atomic E-state index is -0.643. The van der Waals surface area contributed by atoms with Gasteiger partial charge in [0.2, 0.25) is 0 Å². The third kappa shape index (κ3) is 5.65. The van der Waals surface area contributed by atoms with Crippen molar-refractivity contribution in [3.63, 3.8) is 0 Å². The van der Waals surface area contributed by atoms with Crippen molar-refractivity contribution in [1.29, 1.82) is 0 Å². The average molecular weight is 262 g/mol. The number of hydrogen-bond donors (Lipinski definition) is 1. The topological polar surface area (TPSA) is 20.2 Å². The molecule has 1 atom stereocenters. The number of aliphatic hydroxyl groups is 1. The highest BCUT2D eigenvalue weighted by Crippen LogP contribution is 2.22. The highest BCUT2D eigenvalue weighted by molar-refractivity contribution is 6.56. The normalized spacial score (nSPS) is 15.1. The van der Waals surface area contributed by atoms with E-state index in [9.17, 15) is 5.11 Å². The van der Waals surface area contributed by atoms with Crippen molar-refractivity contribution in [2.45, 2.75) is 44.8 Å². The molecule has 1 aromatic carbocycles. The summed E-state index contributed by atoms with van der Waals surface area (Å²) in [6, 6.07) is 10.5. The van der Waals surface area contributed by atoms with Gasteiger partial charge in [0.15, 0.2) is 0 Å². The smallest absolute Gasteiger partial charge is 0.0922 e. The molecule has 1 rings (SSSR count). The van der Waals surface area contributed by atoms with Gasteiger partial charge < -0.3 is 5.11 Å². The summed E-state index contributed by atoms with van der Waals surface area (Å²) in [6.07, 6.45) is 5.83. The van der Waals surface area contributed by atoms with E-state index in [1.165, 1.54) is 5.19 Å². The van der Waals surface area contributed by atoms with E-state index < -0.39 is 14.7 Å². The van der Waals surface area contributed by atoms with Crippen LogP contribution in [-0.4, -0.2) is 19.9 Å². The summed E-state index contributed by atoms with van der Waals surface area (Å²) in [7, 11) is -0.643. The molecule has 0 aliphatic carbocycles. The minimum Gasteiger partial charge on any atom is -0.394 e. The molecule has 0 amide bonds. The fourth-order valence-electron chi connectivity index (χ4n) is 2.57. The Morgan fingerprint density at radius 1 is 1.33 bits per heavy atom. The molecule has 0 saturated carbocycles. The first kappa shape index (κ1) is 15.2. The Hall–Kier alpha value is -0.863. The third-order valence-corrected chi connectivity index (χ3v) is 5.39. The lowest BCUT2D eigenvalue weighted by Crippen LogP contribution is -2.43. The zero-order chi connectivity index (χ0) is 13.4. The van der Waals surface area contributed by atoms with Crippen LogP contribution >= 0.6 is 0 Å². The lowest BCUT2D eigenvalue weighted by Gasteiger charge is -2.30. The van der Waals surface area contributed by atoms with Gasteiger partial charge in [0.05, 0.1) is 14.7 Å². The molecule has 0 spiro atoms. The number of unbranched alkanes of at least 4 members (excludes halogenated alkanes) is 1. The van der Waals surface area contributed by atoms with Crippen LogP contribution in [0.4, 0.5) is 0 Å². The molecule has 0 heterocycles. The number of rotatable bonds is 8. The van der Waals surface area contributed by atoms with Crippen LogP contribution in [-0.2, 0) is 0 Å². The Balaban J connectivity index is 2.67. The van der Waals surface area contributed by atoms with Crippen LogP contribution in [0.25, 0.3) is 0 Å². The fraction of sp³-hybridized carbons (Fsp3) is 0.500. The molecule has 100 valence electrons. The molecular weight excluding hydrogens is 236 g/mol. The van der Waals surface area contributed by atoms with Crippen molar-refractivity contribution >= 4 is 14.7 Å². The highest BCUT2D eigenvalue weighted by Gasteiger charge is 2.28. The lowest BCUT2D eigenvalue weighted by atomic mass is 10.0. The van der Waals surface area contributed by atoms with E-state index >= 15 is 0 Å². The Morgan fingerprint density at radius 2 is 2.00 bits per heavy atom. The maximum atomic E-state index is 10.9. The molecule has 0 radical (unpaired) electrons. The van der Waals surface area contributed by atoms with Crippen LogP contribution in [0.3, 0.4) is 0 Å². The van der Waals surface area contributed by atoms with Crippen LogP contribution in [0.1, 0.15) is 39.5 Å². The van der Waals surface area contributed by atoms with Gasteiger partial charge in [-0.15, -0.1) is 6.58 Å². The average Bonchev–Trinajstić information content (AvgIpc) is 2.29. The van der Waals surface area contributed by atoms with E-state index in [0.717, 1.165) is 25.7 Å². The molecule has 0 aromatic heterocycles. The molecule has 1 nitrogen and oxygen atoms in total. The molecule has 0 aliphatic rings. The van der Waals surface area contributed by atoms with Gasteiger partial charge in [0.25, 0.3) is 0 Å². The van der Waals surface area contributed by atoms with Crippen molar-refractivity contribution in [2.75, 3.05) is 0 Å². The van der Waals surface area contributed by atoms with Crippen LogP contribution in [0, 0.1) is 5.92 Å². The van der Waals surface area contributed by atoms with Crippen LogP contribution in [0.2, 0.25) is 0 Å². The van der Waals surface area contributed by atoms with E-state index in [1.54, 1.807) is 0 Å². The summed E-state index contributed by atoms with van der Waals surface area (Å²) in [4.78, 5) is 0. The Bertz CT molecular complexity index is 347. The van der Waals surface area contributed by atoms with E-state index in [-0.39, 0.29) is 0 Å². The molecule has 0 fully saturated rings. The highest BCUT2D eigenvalue weighted by atomic mass is 28.2. The van der Waals surface area contributed by atoms with E-state index in [2.05, 4.69) is 44.7 Å². The summed E-state index contributed by atoms with van der Waals surface area (Å²) in [5, 5.41) is 11.8. The summed E-state index contributed by atoms with van der Waals surface area (Å²) in [6.45, 7) is 8.14. The zero-order valence-corrected chi connectivity index (χ0v) is 13.1. The van der Waals surface area contributed by atoms with Gasteiger partial charge >= 0.3 is 0 Å². The Labute approximate surface area is 114 Å². The quantitative estimate of drug-likeness (QED) is 0.434. The lowest BCUT2D eigenvalue weighted by molar-refractivity contribution is 0.0898. The van der Waals surface area contributed by atoms with Crippen molar-refractivity contribution < 1.29 is 5.11 Å². The first-order valence-electron chi connectivity index (χ1n) is 6.93. The first-order chi connectivity index (χ1) is 8.56. The molecule has 1 aromatic rings. The van der Waals surface area contributed by atoms with Gasteiger partial charge in [-0.1, -0.05) is 55.4 Å². The largest absolute Gasteiger partial charge is 0.394 e. The third-order valence-electron chi connectivity index (χ3n) is 3.21. The van der Waals surface area contributed by atoms with Crippen molar-refractivity contribution in [1.82, 2.24) is 0 Å². The van der Waals surface area contributed by atoms with Crippen LogP contribution < -0.4 is 5.19 Å². The maximum Gasteiger partial charge on any atom is 0.0922 e. The second-order valence-electron chi connectivity index (χ2n) is 5.67. The van der Waals surface area contributed by atoms with Gasteiger partial charge in [0, 0.05) is 0 Å². The summed E-state index contributed by atoms with van der Waals surface area (Å²) in [5.74, 6) is 0.551. The SMILES string of the molecule is C=CCCCC(O)(CC(C)C)[SiH2]c1ccccc1. The van der Waals surface area contributed by atoms with Gasteiger partial charge in [-0.2, -0.15) is 0 Å². The van der Waals surface area contributed by atoms with Gasteiger partial charge in [0.1, 0.15) is 0 Å². The molecule has 18 heavy (non-hydrogen) atoms. The van der Waals surface area contributed by atoms with Crippen molar-refractivity contribution in [2.24, 2.45) is 5.92 Å². The molecule has 0 bridgehead atoms. The van der Waals surface area contributed by atoms with E-state index in [4.69, 9.17) is 0 Å². The fourth-order valence-corrected chi connectivity index (χ4v) is 4.99. The Kier molecular flexibility index (Phi) is 6.37. The summed E-state index contributed by atoms with van der Waals surface area (Å²) >= 11 is 0. The van der Waals surface area contributed by atoms with E-state index in [1.807, 2.05) is 12.1 Å². The van der Waals surface area contributed by atoms with E-state index in [0.29, 0.717) is 5.92 Å². The monoisotopic (exact) mass is 262 g/mol. The van der Waals surface area contributed by atoms with Crippen LogP contribution in [0.5, 0.6) is 0 Å². The second-order valence-corrected chi connectivity index (χ2v) is 8.15. The standard InChI is InChI=1S/C16H26OSi/c1-4-5-9-12-16(17,13-14(2)3)18-15-10-7-6-8-11-15/h4,6-8,10-11,14,17H,1,5,9,12-13,18H2,2-3H3. The molecule has 0 aliphatic heterocycles. The Morgan fingerprint density at radius 3 is 2.56 bits per heavy atom. The minimum absolute atomic E-state index is 0.432. The molecule has 1 N–H and O–H groups in total. The van der Waals surface area contributed by atoms with Gasteiger partial charge in [-0.3, -0.25) is 0 Å². The summed E-state index contributed by atoms with van der Waals surface area (Å²) < 4.78 is 0. The number of allylic oxidation sites excluding steroid dienone is 1. The van der Waals surface area contributed by atoms with Crippen molar-refractivity contribution in [3.05, 3.63) is 43.0 Å². The van der Waals surface area contributed by atoms with Crippen LogP contribution in [0.15, 0.2) is 43.0 Å². The second kappa shape index (κ2) is 7.55. The van der Waals surface area contributed by atoms with Gasteiger partial charge in [-0.05, 0) is 31.6 Å². The molecule has 0 saturated heterocycles. The summed E-state index contributed by atoms with van der Waals surface area (Å²) in [5.41, 5.74) is 0. The van der Waals surface area contributed by atoms with Gasteiger partial charge in [-0.25, -0.2) is 0 Å².